The number of nitrogens with one attached hydrogen (secondary N) is 1. The zero-order valence-corrected chi connectivity index (χ0v) is 10.7. The van der Waals surface area contributed by atoms with Crippen LogP contribution < -0.4 is 5.32 Å². The second kappa shape index (κ2) is 5.84. The fourth-order valence-electron chi connectivity index (χ4n) is 1.18. The molecule has 0 saturated heterocycles. The minimum absolute atomic E-state index is 0.312. The van der Waals surface area contributed by atoms with Crippen LogP contribution in [0.5, 0.6) is 0 Å². The Hall–Kier alpha value is -1.10. The van der Waals surface area contributed by atoms with Crippen LogP contribution in [-0.4, -0.2) is 19.6 Å². The lowest BCUT2D eigenvalue weighted by Gasteiger charge is -2.12. The molecule has 0 aliphatic heterocycles. The second-order valence-electron chi connectivity index (χ2n) is 3.43. The number of methoxy groups -OCH3 is 1. The van der Waals surface area contributed by atoms with Crippen LogP contribution in [0.1, 0.15) is 6.92 Å². The predicted octanol–water partition coefficient (Wildman–Crippen LogP) is 2.81. The standard InChI is InChI=1S/C11H13BrFNO2/c1-7(11(15)16-2)6-14-10-4-3-8(12)5-9(10)13/h3-5,7,14H,6H2,1-2H3. The van der Waals surface area contributed by atoms with E-state index in [1.807, 2.05) is 0 Å². The molecule has 0 aliphatic rings. The van der Waals surface area contributed by atoms with Crippen molar-refractivity contribution < 1.29 is 13.9 Å². The smallest absolute Gasteiger partial charge is 0.310 e. The van der Waals surface area contributed by atoms with Gasteiger partial charge in [-0.15, -0.1) is 0 Å². The second-order valence-corrected chi connectivity index (χ2v) is 4.34. The third-order valence-corrected chi connectivity index (χ3v) is 2.63. The number of ether oxygens (including phenoxy) is 1. The van der Waals surface area contributed by atoms with Gasteiger partial charge >= 0.3 is 5.97 Å². The molecule has 0 amide bonds. The number of hydrogen-bond acceptors (Lipinski definition) is 3. The van der Waals surface area contributed by atoms with Gasteiger partial charge in [-0.05, 0) is 18.2 Å². The quantitative estimate of drug-likeness (QED) is 0.867. The van der Waals surface area contributed by atoms with E-state index < -0.39 is 0 Å². The van der Waals surface area contributed by atoms with E-state index in [9.17, 15) is 9.18 Å². The number of rotatable bonds is 4. The van der Waals surface area contributed by atoms with Gasteiger partial charge in [0.1, 0.15) is 5.82 Å². The monoisotopic (exact) mass is 289 g/mol. The van der Waals surface area contributed by atoms with Crippen LogP contribution in [0, 0.1) is 11.7 Å². The first-order valence-electron chi connectivity index (χ1n) is 4.81. The molecule has 3 nitrogen and oxygen atoms in total. The number of esters is 1. The summed E-state index contributed by atoms with van der Waals surface area (Å²) in [6.07, 6.45) is 0. The summed E-state index contributed by atoms with van der Waals surface area (Å²) in [5.41, 5.74) is 0.374. The maximum atomic E-state index is 13.4. The van der Waals surface area contributed by atoms with Gasteiger partial charge in [0.15, 0.2) is 0 Å². The molecule has 0 aromatic heterocycles. The van der Waals surface area contributed by atoms with E-state index in [2.05, 4.69) is 26.0 Å². The van der Waals surface area contributed by atoms with Crippen LogP contribution in [0.15, 0.2) is 22.7 Å². The van der Waals surface area contributed by atoms with Crippen molar-refractivity contribution in [2.24, 2.45) is 5.92 Å². The Morgan fingerprint density at radius 3 is 2.88 bits per heavy atom. The molecule has 0 fully saturated rings. The Labute approximate surface area is 102 Å². The van der Waals surface area contributed by atoms with Crippen molar-refractivity contribution >= 4 is 27.6 Å². The van der Waals surface area contributed by atoms with Crippen LogP contribution >= 0.6 is 15.9 Å². The Morgan fingerprint density at radius 1 is 1.62 bits per heavy atom. The van der Waals surface area contributed by atoms with Gasteiger partial charge in [-0.25, -0.2) is 4.39 Å². The summed E-state index contributed by atoms with van der Waals surface area (Å²) >= 11 is 3.17. The van der Waals surface area contributed by atoms with E-state index in [0.29, 0.717) is 16.7 Å². The fraction of sp³-hybridized carbons (Fsp3) is 0.364. The van der Waals surface area contributed by atoms with Crippen LogP contribution in [0.2, 0.25) is 0 Å². The summed E-state index contributed by atoms with van der Waals surface area (Å²) in [5, 5.41) is 2.86. The van der Waals surface area contributed by atoms with Gasteiger partial charge in [0, 0.05) is 11.0 Å². The Balaban J connectivity index is 2.58. The lowest BCUT2D eigenvalue weighted by atomic mass is 10.2. The SMILES string of the molecule is COC(=O)C(C)CNc1ccc(Br)cc1F. The zero-order chi connectivity index (χ0) is 12.1. The molecule has 88 valence electrons. The molecule has 0 spiro atoms. The third kappa shape index (κ3) is 3.48. The van der Waals surface area contributed by atoms with Crippen LogP contribution in [0.3, 0.4) is 0 Å². The molecule has 1 rings (SSSR count). The summed E-state index contributed by atoms with van der Waals surface area (Å²) in [6.45, 7) is 2.06. The molecular weight excluding hydrogens is 277 g/mol. The summed E-state index contributed by atoms with van der Waals surface area (Å²) < 4.78 is 18.6. The highest BCUT2D eigenvalue weighted by molar-refractivity contribution is 9.10. The van der Waals surface area contributed by atoms with Gasteiger partial charge in [-0.1, -0.05) is 22.9 Å². The summed E-state index contributed by atoms with van der Waals surface area (Å²) in [4.78, 5) is 11.1. The molecular formula is C11H13BrFNO2. The number of carbonyl (C=O) groups excluding carboxylic acids is 1. The van der Waals surface area contributed by atoms with E-state index in [-0.39, 0.29) is 17.7 Å². The minimum atomic E-state index is -0.355. The first kappa shape index (κ1) is 13.0. The van der Waals surface area contributed by atoms with Crippen molar-refractivity contribution in [2.75, 3.05) is 19.0 Å². The number of halogens is 2. The van der Waals surface area contributed by atoms with Crippen molar-refractivity contribution in [1.29, 1.82) is 0 Å². The number of carbonyl (C=O) groups is 1. The highest BCUT2D eigenvalue weighted by Crippen LogP contribution is 2.19. The predicted molar refractivity (Wildman–Crippen MR) is 63.8 cm³/mol. The van der Waals surface area contributed by atoms with Crippen molar-refractivity contribution in [1.82, 2.24) is 0 Å². The van der Waals surface area contributed by atoms with E-state index in [0.717, 1.165) is 0 Å². The third-order valence-electron chi connectivity index (χ3n) is 2.13. The zero-order valence-electron chi connectivity index (χ0n) is 9.09. The molecule has 0 radical (unpaired) electrons. The normalized spacial score (nSPS) is 12.0. The van der Waals surface area contributed by atoms with Crippen LogP contribution in [-0.2, 0) is 9.53 Å². The largest absolute Gasteiger partial charge is 0.469 e. The molecule has 0 heterocycles. The van der Waals surface area contributed by atoms with Crippen molar-refractivity contribution in [3.63, 3.8) is 0 Å². The fourth-order valence-corrected chi connectivity index (χ4v) is 1.51. The molecule has 5 heteroatoms. The lowest BCUT2D eigenvalue weighted by Crippen LogP contribution is -2.21. The molecule has 1 unspecified atom stereocenters. The summed E-state index contributed by atoms with van der Waals surface area (Å²) in [7, 11) is 1.33. The molecule has 16 heavy (non-hydrogen) atoms. The van der Waals surface area contributed by atoms with Crippen molar-refractivity contribution in [2.45, 2.75) is 6.92 Å². The number of hydrogen-bond donors (Lipinski definition) is 1. The molecule has 0 saturated carbocycles. The van der Waals surface area contributed by atoms with E-state index in [4.69, 9.17) is 0 Å². The van der Waals surface area contributed by atoms with E-state index in [1.165, 1.54) is 13.2 Å². The molecule has 1 aromatic carbocycles. The first-order valence-corrected chi connectivity index (χ1v) is 5.60. The number of anilines is 1. The molecule has 1 N–H and O–H groups in total. The summed E-state index contributed by atoms with van der Waals surface area (Å²) in [5.74, 6) is -0.982. The lowest BCUT2D eigenvalue weighted by molar-refractivity contribution is -0.144. The topological polar surface area (TPSA) is 38.3 Å². The maximum absolute atomic E-state index is 13.4. The van der Waals surface area contributed by atoms with Crippen molar-refractivity contribution in [3.05, 3.63) is 28.5 Å². The molecule has 1 aromatic rings. The average molecular weight is 290 g/mol. The van der Waals surface area contributed by atoms with Crippen LogP contribution in [0.4, 0.5) is 10.1 Å². The highest BCUT2D eigenvalue weighted by atomic mass is 79.9. The molecule has 0 aliphatic carbocycles. The van der Waals surface area contributed by atoms with Gasteiger partial charge in [0.2, 0.25) is 0 Å². The maximum Gasteiger partial charge on any atom is 0.310 e. The van der Waals surface area contributed by atoms with Gasteiger partial charge in [-0.3, -0.25) is 4.79 Å². The first-order chi connectivity index (χ1) is 7.54. The number of benzene rings is 1. The van der Waals surface area contributed by atoms with Gasteiger partial charge in [0.05, 0.1) is 18.7 Å². The van der Waals surface area contributed by atoms with Gasteiger partial charge in [-0.2, -0.15) is 0 Å². The highest BCUT2D eigenvalue weighted by Gasteiger charge is 2.13. The molecule has 1 atom stereocenters. The van der Waals surface area contributed by atoms with E-state index >= 15 is 0 Å². The van der Waals surface area contributed by atoms with Crippen molar-refractivity contribution in [3.8, 4) is 0 Å². The van der Waals surface area contributed by atoms with E-state index in [1.54, 1.807) is 19.1 Å². The Bertz CT molecular complexity index is 384. The summed E-state index contributed by atoms with van der Waals surface area (Å²) in [6, 6.07) is 4.71. The Kier molecular flexibility index (Phi) is 4.73. The van der Waals surface area contributed by atoms with Gasteiger partial charge < -0.3 is 10.1 Å². The van der Waals surface area contributed by atoms with Gasteiger partial charge in [0.25, 0.3) is 0 Å². The minimum Gasteiger partial charge on any atom is -0.469 e. The average Bonchev–Trinajstić information content (AvgIpc) is 2.26. The molecule has 0 bridgehead atoms. The van der Waals surface area contributed by atoms with Crippen LogP contribution in [0.25, 0.3) is 0 Å². The Morgan fingerprint density at radius 2 is 2.31 bits per heavy atom.